The Morgan fingerprint density at radius 3 is 2.36 bits per heavy atom. The maximum Gasteiger partial charge on any atom is 0.317 e. The second-order valence-corrected chi connectivity index (χ2v) is 2.61. The lowest BCUT2D eigenvalue weighted by molar-refractivity contribution is 0.393. The summed E-state index contributed by atoms with van der Waals surface area (Å²) in [5.74, 6) is -0.0176. The van der Waals surface area contributed by atoms with E-state index in [9.17, 15) is 0 Å². The van der Waals surface area contributed by atoms with Crippen LogP contribution in [-0.2, 0) is 0 Å². The van der Waals surface area contributed by atoms with Crippen LogP contribution in [0.4, 0.5) is 0 Å². The van der Waals surface area contributed by atoms with E-state index in [4.69, 9.17) is 10.2 Å². The van der Waals surface area contributed by atoms with Crippen molar-refractivity contribution in [2.24, 2.45) is 0 Å². The molecule has 0 aliphatic rings. The quantitative estimate of drug-likeness (QED) is 0.633. The van der Waals surface area contributed by atoms with Gasteiger partial charge < -0.3 is 10.2 Å². The summed E-state index contributed by atoms with van der Waals surface area (Å²) >= 11 is 0. The van der Waals surface area contributed by atoms with Crippen molar-refractivity contribution < 1.29 is 10.2 Å². The Kier molecular flexibility index (Phi) is 1.94. The molecule has 11 heavy (non-hydrogen) atoms. The third-order valence-electron chi connectivity index (χ3n) is 1.31. The molecular formula is C7H10N2O2. The van der Waals surface area contributed by atoms with Crippen molar-refractivity contribution >= 4 is 0 Å². The molecule has 1 aromatic rings. The number of aromatic nitrogens is 2. The maximum atomic E-state index is 8.93. The predicted molar refractivity (Wildman–Crippen MR) is 39.5 cm³/mol. The first-order valence-corrected chi connectivity index (χ1v) is 3.36. The first-order chi connectivity index (χ1) is 5.09. The average molecular weight is 154 g/mol. The summed E-state index contributed by atoms with van der Waals surface area (Å²) < 4.78 is 0. The highest BCUT2D eigenvalue weighted by molar-refractivity contribution is 5.18. The van der Waals surface area contributed by atoms with E-state index in [1.165, 1.54) is 6.07 Å². The minimum absolute atomic E-state index is 0.176. The van der Waals surface area contributed by atoms with E-state index in [1.807, 2.05) is 13.8 Å². The summed E-state index contributed by atoms with van der Waals surface area (Å²) in [4.78, 5) is 7.03. The molecule has 0 radical (unpaired) electrons. The van der Waals surface area contributed by atoms with E-state index in [0.29, 0.717) is 5.69 Å². The van der Waals surface area contributed by atoms with E-state index >= 15 is 0 Å². The second-order valence-electron chi connectivity index (χ2n) is 2.61. The van der Waals surface area contributed by atoms with Gasteiger partial charge in [-0.25, -0.2) is 0 Å². The Morgan fingerprint density at radius 1 is 1.27 bits per heavy atom. The summed E-state index contributed by atoms with van der Waals surface area (Å²) in [6.45, 7) is 3.84. The fraction of sp³-hybridized carbons (Fsp3) is 0.429. The van der Waals surface area contributed by atoms with Crippen LogP contribution in [0.2, 0.25) is 0 Å². The molecule has 0 unspecified atom stereocenters. The van der Waals surface area contributed by atoms with Crippen LogP contribution >= 0.6 is 0 Å². The standard InChI is InChI=1S/C7H10N2O2/c1-4(2)5-3-6(10)9-7(11)8-5/h3-4H,1-2H3,(H2,8,9,10,11). The van der Waals surface area contributed by atoms with E-state index in [1.54, 1.807) is 0 Å². The lowest BCUT2D eigenvalue weighted by Crippen LogP contribution is -1.93. The fourth-order valence-electron chi connectivity index (χ4n) is 0.736. The van der Waals surface area contributed by atoms with Gasteiger partial charge in [-0.1, -0.05) is 13.8 Å². The van der Waals surface area contributed by atoms with E-state index < -0.39 is 0 Å². The van der Waals surface area contributed by atoms with Crippen molar-refractivity contribution in [1.82, 2.24) is 9.97 Å². The molecule has 2 N–H and O–H groups in total. The molecule has 0 aliphatic heterocycles. The Morgan fingerprint density at radius 2 is 1.91 bits per heavy atom. The molecule has 1 aromatic heterocycles. The molecule has 0 saturated heterocycles. The third kappa shape index (κ3) is 1.80. The second kappa shape index (κ2) is 2.74. The Labute approximate surface area is 64.6 Å². The fourth-order valence-corrected chi connectivity index (χ4v) is 0.736. The smallest absolute Gasteiger partial charge is 0.317 e. The van der Waals surface area contributed by atoms with Crippen LogP contribution in [0.3, 0.4) is 0 Å². The first-order valence-electron chi connectivity index (χ1n) is 3.36. The van der Waals surface area contributed by atoms with Gasteiger partial charge in [0, 0.05) is 6.07 Å². The zero-order chi connectivity index (χ0) is 8.43. The largest absolute Gasteiger partial charge is 0.493 e. The number of aromatic hydroxyl groups is 2. The number of nitrogens with zero attached hydrogens (tertiary/aromatic N) is 2. The molecule has 0 amide bonds. The van der Waals surface area contributed by atoms with Crippen molar-refractivity contribution in [3.05, 3.63) is 11.8 Å². The van der Waals surface area contributed by atoms with Crippen molar-refractivity contribution in [3.63, 3.8) is 0 Å². The minimum Gasteiger partial charge on any atom is -0.493 e. The van der Waals surface area contributed by atoms with Crippen LogP contribution < -0.4 is 0 Å². The zero-order valence-electron chi connectivity index (χ0n) is 6.44. The van der Waals surface area contributed by atoms with Gasteiger partial charge in [0.1, 0.15) is 0 Å². The Bertz CT molecular complexity index is 240. The van der Waals surface area contributed by atoms with E-state index in [-0.39, 0.29) is 17.8 Å². The van der Waals surface area contributed by atoms with Gasteiger partial charge in [0.05, 0.1) is 5.69 Å². The van der Waals surface area contributed by atoms with E-state index in [2.05, 4.69) is 9.97 Å². The Balaban J connectivity index is 3.08. The summed E-state index contributed by atoms with van der Waals surface area (Å²) in [6, 6.07) is 1.05. The molecule has 0 atom stereocenters. The van der Waals surface area contributed by atoms with Crippen LogP contribution in [0, 0.1) is 0 Å². The molecule has 1 rings (SSSR count). The molecule has 0 saturated carbocycles. The van der Waals surface area contributed by atoms with Gasteiger partial charge in [-0.2, -0.15) is 9.97 Å². The van der Waals surface area contributed by atoms with Crippen LogP contribution in [0.5, 0.6) is 11.9 Å². The molecule has 0 aliphatic carbocycles. The topological polar surface area (TPSA) is 66.2 Å². The highest BCUT2D eigenvalue weighted by Gasteiger charge is 2.04. The monoisotopic (exact) mass is 154 g/mol. The van der Waals surface area contributed by atoms with Gasteiger partial charge in [0.25, 0.3) is 0 Å². The van der Waals surface area contributed by atoms with Gasteiger partial charge in [0.15, 0.2) is 0 Å². The SMILES string of the molecule is CC(C)c1cc(O)nc(O)n1. The summed E-state index contributed by atoms with van der Waals surface area (Å²) in [5.41, 5.74) is 0.634. The number of rotatable bonds is 1. The van der Waals surface area contributed by atoms with Crippen molar-refractivity contribution in [2.75, 3.05) is 0 Å². The molecule has 0 fully saturated rings. The van der Waals surface area contributed by atoms with Crippen molar-refractivity contribution in [2.45, 2.75) is 19.8 Å². The van der Waals surface area contributed by atoms with Gasteiger partial charge in [-0.15, -0.1) is 0 Å². The molecule has 4 nitrogen and oxygen atoms in total. The number of hydrogen-bond donors (Lipinski definition) is 2. The van der Waals surface area contributed by atoms with Crippen LogP contribution in [-0.4, -0.2) is 20.2 Å². The molecule has 60 valence electrons. The molecule has 0 bridgehead atoms. The van der Waals surface area contributed by atoms with Gasteiger partial charge in [-0.05, 0) is 5.92 Å². The molecular weight excluding hydrogens is 144 g/mol. The molecule has 4 heteroatoms. The van der Waals surface area contributed by atoms with Gasteiger partial charge >= 0.3 is 6.01 Å². The van der Waals surface area contributed by atoms with Crippen LogP contribution in [0.25, 0.3) is 0 Å². The lowest BCUT2D eigenvalue weighted by Gasteiger charge is -2.03. The third-order valence-corrected chi connectivity index (χ3v) is 1.31. The number of hydrogen-bond acceptors (Lipinski definition) is 4. The first kappa shape index (κ1) is 7.78. The maximum absolute atomic E-state index is 8.93. The van der Waals surface area contributed by atoms with Gasteiger partial charge in [0.2, 0.25) is 5.88 Å². The lowest BCUT2D eigenvalue weighted by atomic mass is 10.1. The van der Waals surface area contributed by atoms with Gasteiger partial charge in [-0.3, -0.25) is 0 Å². The highest BCUT2D eigenvalue weighted by Crippen LogP contribution is 2.17. The van der Waals surface area contributed by atoms with Crippen LogP contribution in [0.1, 0.15) is 25.5 Å². The highest BCUT2D eigenvalue weighted by atomic mass is 16.3. The zero-order valence-corrected chi connectivity index (χ0v) is 6.44. The van der Waals surface area contributed by atoms with Crippen molar-refractivity contribution in [1.29, 1.82) is 0 Å². The van der Waals surface area contributed by atoms with E-state index in [0.717, 1.165) is 0 Å². The predicted octanol–water partition coefficient (Wildman–Crippen LogP) is 1.01. The Hall–Kier alpha value is -1.32. The minimum atomic E-state index is -0.381. The molecule has 1 heterocycles. The van der Waals surface area contributed by atoms with Crippen LogP contribution in [0.15, 0.2) is 6.07 Å². The normalized spacial score (nSPS) is 10.5. The summed E-state index contributed by atoms with van der Waals surface area (Å²) in [7, 11) is 0. The molecule has 0 aromatic carbocycles. The molecule has 0 spiro atoms. The van der Waals surface area contributed by atoms with Crippen molar-refractivity contribution in [3.8, 4) is 11.9 Å². The summed E-state index contributed by atoms with van der Waals surface area (Å²) in [6.07, 6.45) is 0. The average Bonchev–Trinajstić information content (AvgIpc) is 1.85. The summed E-state index contributed by atoms with van der Waals surface area (Å²) in [5, 5.41) is 17.8.